The normalized spacial score (nSPS) is 13.3. The van der Waals surface area contributed by atoms with Gasteiger partial charge < -0.3 is 15.8 Å². The standard InChI is InChI=1S/C19H24N4O3/c20-9-11-26-10-8-17(24)21-14-5-3-4-13(12-14)18-15-6-1-2-7-16(15)19(25)23-22-18/h3-5,12H,1-2,6-11,20H2,(H,21,24)(H,23,25). The van der Waals surface area contributed by atoms with E-state index in [2.05, 4.69) is 15.5 Å². The van der Waals surface area contributed by atoms with Crippen molar-refractivity contribution in [1.82, 2.24) is 10.2 Å². The molecule has 1 aromatic heterocycles. The van der Waals surface area contributed by atoms with E-state index >= 15 is 0 Å². The van der Waals surface area contributed by atoms with Crippen LogP contribution in [0.15, 0.2) is 29.1 Å². The molecule has 0 fully saturated rings. The highest BCUT2D eigenvalue weighted by molar-refractivity contribution is 5.91. The first-order valence-corrected chi connectivity index (χ1v) is 8.97. The highest BCUT2D eigenvalue weighted by Crippen LogP contribution is 2.29. The lowest BCUT2D eigenvalue weighted by atomic mass is 9.90. The predicted octanol–water partition coefficient (Wildman–Crippen LogP) is 1.62. The van der Waals surface area contributed by atoms with Crippen LogP contribution in [0.25, 0.3) is 11.3 Å². The number of hydrogen-bond acceptors (Lipinski definition) is 5. The quantitative estimate of drug-likeness (QED) is 0.653. The summed E-state index contributed by atoms with van der Waals surface area (Å²) in [6.07, 6.45) is 4.01. The van der Waals surface area contributed by atoms with Crippen molar-refractivity contribution in [2.45, 2.75) is 32.1 Å². The third-order valence-electron chi connectivity index (χ3n) is 4.45. The summed E-state index contributed by atoms with van der Waals surface area (Å²) in [5, 5.41) is 9.75. The van der Waals surface area contributed by atoms with Crippen molar-refractivity contribution in [3.8, 4) is 11.3 Å². The molecular formula is C19H24N4O3. The number of anilines is 1. The molecule has 0 saturated carbocycles. The lowest BCUT2D eigenvalue weighted by molar-refractivity contribution is -0.117. The molecule has 1 amide bonds. The molecule has 26 heavy (non-hydrogen) atoms. The first-order valence-electron chi connectivity index (χ1n) is 8.97. The highest BCUT2D eigenvalue weighted by Gasteiger charge is 2.19. The Morgan fingerprint density at radius 1 is 1.23 bits per heavy atom. The van der Waals surface area contributed by atoms with E-state index in [1.165, 1.54) is 0 Å². The van der Waals surface area contributed by atoms with E-state index in [1.807, 2.05) is 24.3 Å². The lowest BCUT2D eigenvalue weighted by Crippen LogP contribution is -2.21. The molecule has 0 atom stereocenters. The van der Waals surface area contributed by atoms with Crippen LogP contribution >= 0.6 is 0 Å². The zero-order chi connectivity index (χ0) is 18.4. The van der Waals surface area contributed by atoms with Crippen molar-refractivity contribution in [3.05, 3.63) is 45.7 Å². The Balaban J connectivity index is 1.76. The van der Waals surface area contributed by atoms with Gasteiger partial charge in [0.25, 0.3) is 5.56 Å². The SMILES string of the molecule is NCCOCCC(=O)Nc1cccc(-c2n[nH]c(=O)c3c2CCCC3)c1. The second-order valence-corrected chi connectivity index (χ2v) is 6.35. The van der Waals surface area contributed by atoms with Crippen LogP contribution in [0.5, 0.6) is 0 Å². The van der Waals surface area contributed by atoms with Crippen LogP contribution in [-0.4, -0.2) is 35.9 Å². The maximum Gasteiger partial charge on any atom is 0.267 e. The van der Waals surface area contributed by atoms with E-state index in [4.69, 9.17) is 10.5 Å². The van der Waals surface area contributed by atoms with Crippen LogP contribution in [0.1, 0.15) is 30.4 Å². The number of nitrogens with one attached hydrogen (secondary N) is 2. The number of rotatable bonds is 7. The first-order chi connectivity index (χ1) is 12.7. The average Bonchev–Trinajstić information content (AvgIpc) is 2.66. The van der Waals surface area contributed by atoms with Crippen molar-refractivity contribution < 1.29 is 9.53 Å². The van der Waals surface area contributed by atoms with Crippen molar-refractivity contribution in [2.75, 3.05) is 25.1 Å². The van der Waals surface area contributed by atoms with Gasteiger partial charge in [-0.25, -0.2) is 5.10 Å². The van der Waals surface area contributed by atoms with Gasteiger partial charge in [-0.2, -0.15) is 5.10 Å². The number of fused-ring (bicyclic) bond motifs is 1. The molecule has 1 heterocycles. The molecule has 7 heteroatoms. The zero-order valence-electron chi connectivity index (χ0n) is 14.7. The molecule has 0 radical (unpaired) electrons. The Bertz CT molecular complexity index is 832. The van der Waals surface area contributed by atoms with Crippen LogP contribution in [0.3, 0.4) is 0 Å². The van der Waals surface area contributed by atoms with Crippen LogP contribution in [0, 0.1) is 0 Å². The molecule has 0 aliphatic heterocycles. The molecule has 138 valence electrons. The van der Waals surface area contributed by atoms with Crippen LogP contribution in [-0.2, 0) is 22.4 Å². The van der Waals surface area contributed by atoms with Gasteiger partial charge >= 0.3 is 0 Å². The molecule has 1 aliphatic rings. The van der Waals surface area contributed by atoms with Crippen molar-refractivity contribution in [2.24, 2.45) is 5.73 Å². The summed E-state index contributed by atoms with van der Waals surface area (Å²) in [6, 6.07) is 7.53. The molecule has 0 bridgehead atoms. The number of hydrogen-bond donors (Lipinski definition) is 3. The molecular weight excluding hydrogens is 332 g/mol. The van der Waals surface area contributed by atoms with E-state index in [-0.39, 0.29) is 17.9 Å². The Kier molecular flexibility index (Phi) is 6.14. The van der Waals surface area contributed by atoms with Gasteiger partial charge in [0.2, 0.25) is 5.91 Å². The lowest BCUT2D eigenvalue weighted by Gasteiger charge is -2.17. The molecule has 0 spiro atoms. The summed E-state index contributed by atoms with van der Waals surface area (Å²) in [6.45, 7) is 1.24. The van der Waals surface area contributed by atoms with Crippen molar-refractivity contribution in [1.29, 1.82) is 0 Å². The Morgan fingerprint density at radius 3 is 2.85 bits per heavy atom. The molecule has 1 aromatic carbocycles. The molecule has 0 saturated heterocycles. The maximum absolute atomic E-state index is 12.0. The van der Waals surface area contributed by atoms with Gasteiger partial charge in [0.15, 0.2) is 0 Å². The van der Waals surface area contributed by atoms with Gasteiger partial charge in [0.1, 0.15) is 0 Å². The third-order valence-corrected chi connectivity index (χ3v) is 4.45. The molecule has 4 N–H and O–H groups in total. The topological polar surface area (TPSA) is 110 Å². The summed E-state index contributed by atoms with van der Waals surface area (Å²) in [5.41, 5.74) is 9.50. The summed E-state index contributed by atoms with van der Waals surface area (Å²) in [4.78, 5) is 24.0. The number of nitrogens with zero attached hydrogens (tertiary/aromatic N) is 1. The molecule has 7 nitrogen and oxygen atoms in total. The highest BCUT2D eigenvalue weighted by atomic mass is 16.5. The third kappa shape index (κ3) is 4.36. The number of H-pyrrole nitrogens is 1. The number of benzene rings is 1. The van der Waals surface area contributed by atoms with Crippen LogP contribution < -0.4 is 16.6 Å². The molecule has 2 aromatic rings. The largest absolute Gasteiger partial charge is 0.380 e. The number of carbonyl (C=O) groups is 1. The number of carbonyl (C=O) groups excluding carboxylic acids is 1. The number of aromatic nitrogens is 2. The smallest absolute Gasteiger partial charge is 0.267 e. The number of ether oxygens (including phenoxy) is 1. The van der Waals surface area contributed by atoms with E-state index in [0.717, 1.165) is 48.1 Å². The van der Waals surface area contributed by atoms with Crippen LogP contribution in [0.2, 0.25) is 0 Å². The number of nitrogens with two attached hydrogens (primary N) is 1. The Hall–Kier alpha value is -2.51. The maximum atomic E-state index is 12.0. The van der Waals surface area contributed by atoms with Gasteiger partial charge in [-0.1, -0.05) is 12.1 Å². The van der Waals surface area contributed by atoms with Crippen molar-refractivity contribution >= 4 is 11.6 Å². The fourth-order valence-electron chi connectivity index (χ4n) is 3.22. The van der Waals surface area contributed by atoms with Gasteiger partial charge in [-0.15, -0.1) is 0 Å². The summed E-state index contributed by atoms with van der Waals surface area (Å²) < 4.78 is 5.23. The Labute approximate surface area is 152 Å². The Morgan fingerprint density at radius 2 is 2.04 bits per heavy atom. The predicted molar refractivity (Wildman–Crippen MR) is 100 cm³/mol. The number of aromatic amines is 1. The zero-order valence-corrected chi connectivity index (χ0v) is 14.7. The van der Waals surface area contributed by atoms with Crippen LogP contribution in [0.4, 0.5) is 5.69 Å². The fourth-order valence-corrected chi connectivity index (χ4v) is 3.22. The summed E-state index contributed by atoms with van der Waals surface area (Å²) in [7, 11) is 0. The van der Waals surface area contributed by atoms with Gasteiger partial charge in [0, 0.05) is 23.4 Å². The summed E-state index contributed by atoms with van der Waals surface area (Å²) in [5.74, 6) is -0.115. The minimum Gasteiger partial charge on any atom is -0.380 e. The van der Waals surface area contributed by atoms with E-state index in [0.29, 0.717) is 25.4 Å². The van der Waals surface area contributed by atoms with E-state index in [1.54, 1.807) is 0 Å². The second kappa shape index (κ2) is 8.73. The number of amides is 1. The molecule has 1 aliphatic carbocycles. The van der Waals surface area contributed by atoms with Gasteiger partial charge in [0.05, 0.1) is 25.3 Å². The minimum atomic E-state index is -0.115. The molecule has 3 rings (SSSR count). The van der Waals surface area contributed by atoms with E-state index < -0.39 is 0 Å². The monoisotopic (exact) mass is 356 g/mol. The molecule has 0 unspecified atom stereocenters. The first kappa shape index (κ1) is 18.3. The van der Waals surface area contributed by atoms with Gasteiger partial charge in [-0.3, -0.25) is 9.59 Å². The van der Waals surface area contributed by atoms with E-state index in [9.17, 15) is 9.59 Å². The second-order valence-electron chi connectivity index (χ2n) is 6.35. The summed E-state index contributed by atoms with van der Waals surface area (Å²) >= 11 is 0. The fraction of sp³-hybridized carbons (Fsp3) is 0.421. The van der Waals surface area contributed by atoms with Gasteiger partial charge in [-0.05, 0) is 43.4 Å². The average molecular weight is 356 g/mol. The minimum absolute atomic E-state index is 0.0922. The van der Waals surface area contributed by atoms with Crippen molar-refractivity contribution in [3.63, 3.8) is 0 Å².